The van der Waals surface area contributed by atoms with Gasteiger partial charge in [0.15, 0.2) is 0 Å². The van der Waals surface area contributed by atoms with Crippen molar-refractivity contribution < 1.29 is 4.79 Å². The fourth-order valence-corrected chi connectivity index (χ4v) is 2.94. The van der Waals surface area contributed by atoms with E-state index in [-0.39, 0.29) is 5.91 Å². The summed E-state index contributed by atoms with van der Waals surface area (Å²) < 4.78 is 0.827. The molecule has 1 amide bonds. The summed E-state index contributed by atoms with van der Waals surface area (Å²) in [6, 6.07) is 5.85. The Morgan fingerprint density at radius 1 is 1.14 bits per heavy atom. The summed E-state index contributed by atoms with van der Waals surface area (Å²) in [4.78, 5) is 24.9. The summed E-state index contributed by atoms with van der Waals surface area (Å²) in [6.07, 6.45) is 6.98. The Balaban J connectivity index is 1.56. The predicted octanol–water partition coefficient (Wildman–Crippen LogP) is 2.20. The van der Waals surface area contributed by atoms with Gasteiger partial charge < -0.3 is 4.90 Å². The fraction of sp³-hybridized carbons (Fsp3) is 0.312. The standard InChI is InChI=1S/C16H17BrN4O/c17-15-8-14(10-19-11-15)16(22)21-6-4-20(5-7-21)12-13-2-1-3-18-9-13/h1-3,8-11H,4-7,12H2. The first-order valence-corrected chi connectivity index (χ1v) is 8.03. The van der Waals surface area contributed by atoms with E-state index in [0.29, 0.717) is 5.56 Å². The third kappa shape index (κ3) is 3.69. The van der Waals surface area contributed by atoms with Crippen molar-refractivity contribution >= 4 is 21.8 Å². The van der Waals surface area contributed by atoms with Crippen LogP contribution in [0.1, 0.15) is 15.9 Å². The molecule has 0 aromatic carbocycles. The number of nitrogens with zero attached hydrogens (tertiary/aromatic N) is 4. The van der Waals surface area contributed by atoms with Gasteiger partial charge in [0.1, 0.15) is 0 Å². The molecule has 22 heavy (non-hydrogen) atoms. The number of carbonyl (C=O) groups is 1. The second-order valence-corrected chi connectivity index (χ2v) is 6.24. The van der Waals surface area contributed by atoms with Crippen LogP contribution in [0.25, 0.3) is 0 Å². The second kappa shape index (κ2) is 6.98. The van der Waals surface area contributed by atoms with Crippen LogP contribution in [0, 0.1) is 0 Å². The number of amides is 1. The maximum Gasteiger partial charge on any atom is 0.255 e. The molecule has 2 aromatic heterocycles. The Morgan fingerprint density at radius 2 is 1.95 bits per heavy atom. The lowest BCUT2D eigenvalue weighted by Gasteiger charge is -2.34. The first-order chi connectivity index (χ1) is 10.7. The SMILES string of the molecule is O=C(c1cncc(Br)c1)N1CCN(Cc2cccnc2)CC1. The average Bonchev–Trinajstić information content (AvgIpc) is 2.56. The Morgan fingerprint density at radius 3 is 2.64 bits per heavy atom. The van der Waals surface area contributed by atoms with Crippen LogP contribution >= 0.6 is 15.9 Å². The molecule has 0 unspecified atom stereocenters. The minimum absolute atomic E-state index is 0.0508. The van der Waals surface area contributed by atoms with Gasteiger partial charge in [-0.25, -0.2) is 0 Å². The van der Waals surface area contributed by atoms with Crippen LogP contribution in [0.2, 0.25) is 0 Å². The van der Waals surface area contributed by atoms with E-state index in [9.17, 15) is 4.79 Å². The lowest BCUT2D eigenvalue weighted by molar-refractivity contribution is 0.0628. The summed E-state index contributed by atoms with van der Waals surface area (Å²) >= 11 is 3.35. The van der Waals surface area contributed by atoms with E-state index in [2.05, 4.69) is 36.9 Å². The molecule has 5 nitrogen and oxygen atoms in total. The van der Waals surface area contributed by atoms with E-state index >= 15 is 0 Å². The first kappa shape index (κ1) is 15.1. The third-order valence-electron chi connectivity index (χ3n) is 3.74. The summed E-state index contributed by atoms with van der Waals surface area (Å²) in [5.74, 6) is 0.0508. The molecule has 2 aromatic rings. The van der Waals surface area contributed by atoms with Crippen molar-refractivity contribution in [1.29, 1.82) is 0 Å². The van der Waals surface area contributed by atoms with E-state index < -0.39 is 0 Å². The maximum atomic E-state index is 12.5. The number of carbonyl (C=O) groups excluding carboxylic acids is 1. The molecule has 6 heteroatoms. The van der Waals surface area contributed by atoms with Crippen molar-refractivity contribution in [3.63, 3.8) is 0 Å². The van der Waals surface area contributed by atoms with E-state index in [1.165, 1.54) is 5.56 Å². The molecule has 114 valence electrons. The van der Waals surface area contributed by atoms with Crippen molar-refractivity contribution in [2.45, 2.75) is 6.54 Å². The van der Waals surface area contributed by atoms with Crippen molar-refractivity contribution in [1.82, 2.24) is 19.8 Å². The van der Waals surface area contributed by atoms with E-state index in [4.69, 9.17) is 0 Å². The minimum Gasteiger partial charge on any atom is -0.336 e. The lowest BCUT2D eigenvalue weighted by Crippen LogP contribution is -2.48. The molecule has 0 radical (unpaired) electrons. The largest absolute Gasteiger partial charge is 0.336 e. The second-order valence-electron chi connectivity index (χ2n) is 5.32. The molecular formula is C16H17BrN4O. The zero-order chi connectivity index (χ0) is 15.4. The highest BCUT2D eigenvalue weighted by atomic mass is 79.9. The van der Waals surface area contributed by atoms with Gasteiger partial charge in [0.2, 0.25) is 0 Å². The van der Waals surface area contributed by atoms with E-state index in [1.54, 1.807) is 18.6 Å². The predicted molar refractivity (Wildman–Crippen MR) is 87.4 cm³/mol. The molecule has 0 bridgehead atoms. The molecule has 0 atom stereocenters. The highest BCUT2D eigenvalue weighted by molar-refractivity contribution is 9.10. The number of hydrogen-bond donors (Lipinski definition) is 0. The molecule has 0 N–H and O–H groups in total. The van der Waals surface area contributed by atoms with Crippen molar-refractivity contribution in [3.05, 3.63) is 58.6 Å². The van der Waals surface area contributed by atoms with E-state index in [1.807, 2.05) is 23.2 Å². The Labute approximate surface area is 138 Å². The highest BCUT2D eigenvalue weighted by Gasteiger charge is 2.22. The molecule has 1 aliphatic heterocycles. The fourth-order valence-electron chi connectivity index (χ4n) is 2.57. The van der Waals surface area contributed by atoms with Crippen LogP contribution in [0.4, 0.5) is 0 Å². The number of aromatic nitrogens is 2. The summed E-state index contributed by atoms with van der Waals surface area (Å²) in [5.41, 5.74) is 1.84. The minimum atomic E-state index is 0.0508. The molecular weight excluding hydrogens is 344 g/mol. The molecule has 0 saturated carbocycles. The van der Waals surface area contributed by atoms with Gasteiger partial charge in [0.25, 0.3) is 5.91 Å². The molecule has 3 rings (SSSR count). The molecule has 0 aliphatic carbocycles. The average molecular weight is 361 g/mol. The highest BCUT2D eigenvalue weighted by Crippen LogP contribution is 2.14. The van der Waals surface area contributed by atoms with Gasteiger partial charge in [-0.15, -0.1) is 0 Å². The normalized spacial score (nSPS) is 15.8. The lowest BCUT2D eigenvalue weighted by atomic mass is 10.2. The quantitative estimate of drug-likeness (QED) is 0.841. The van der Waals surface area contributed by atoms with Crippen LogP contribution in [0.15, 0.2) is 47.5 Å². The summed E-state index contributed by atoms with van der Waals surface area (Å²) in [7, 11) is 0. The van der Waals surface area contributed by atoms with Gasteiger partial charge in [0.05, 0.1) is 5.56 Å². The van der Waals surface area contributed by atoms with Crippen LogP contribution in [0.3, 0.4) is 0 Å². The van der Waals surface area contributed by atoms with Gasteiger partial charge in [0, 0.05) is 62.0 Å². The van der Waals surface area contributed by atoms with Crippen molar-refractivity contribution in [2.75, 3.05) is 26.2 Å². The van der Waals surface area contributed by atoms with Gasteiger partial charge >= 0.3 is 0 Å². The van der Waals surface area contributed by atoms with Gasteiger partial charge in [-0.2, -0.15) is 0 Å². The number of hydrogen-bond acceptors (Lipinski definition) is 4. The molecule has 3 heterocycles. The van der Waals surface area contributed by atoms with Crippen LogP contribution in [-0.2, 0) is 6.54 Å². The number of pyridine rings is 2. The van der Waals surface area contributed by atoms with Crippen molar-refractivity contribution in [2.24, 2.45) is 0 Å². The monoisotopic (exact) mass is 360 g/mol. The number of piperazine rings is 1. The topological polar surface area (TPSA) is 49.3 Å². The summed E-state index contributed by atoms with van der Waals surface area (Å²) in [6.45, 7) is 4.12. The molecule has 1 aliphatic rings. The zero-order valence-corrected chi connectivity index (χ0v) is 13.7. The Bertz CT molecular complexity index is 642. The Hall–Kier alpha value is -1.79. The van der Waals surface area contributed by atoms with Crippen LogP contribution in [0.5, 0.6) is 0 Å². The molecule has 1 saturated heterocycles. The third-order valence-corrected chi connectivity index (χ3v) is 4.17. The molecule has 0 spiro atoms. The van der Waals surface area contributed by atoms with Crippen LogP contribution in [-0.4, -0.2) is 51.9 Å². The summed E-state index contributed by atoms with van der Waals surface area (Å²) in [5, 5.41) is 0. The first-order valence-electron chi connectivity index (χ1n) is 7.23. The molecule has 1 fully saturated rings. The zero-order valence-electron chi connectivity index (χ0n) is 12.2. The van der Waals surface area contributed by atoms with Gasteiger partial charge in [-0.3, -0.25) is 19.7 Å². The van der Waals surface area contributed by atoms with Gasteiger partial charge in [-0.05, 0) is 33.6 Å². The Kier molecular flexibility index (Phi) is 4.80. The van der Waals surface area contributed by atoms with E-state index in [0.717, 1.165) is 37.2 Å². The van der Waals surface area contributed by atoms with Crippen molar-refractivity contribution in [3.8, 4) is 0 Å². The smallest absolute Gasteiger partial charge is 0.255 e. The maximum absolute atomic E-state index is 12.5. The number of halogens is 1. The van der Waals surface area contributed by atoms with Crippen LogP contribution < -0.4 is 0 Å². The van der Waals surface area contributed by atoms with Gasteiger partial charge in [-0.1, -0.05) is 6.07 Å². The number of rotatable bonds is 3.